The van der Waals surface area contributed by atoms with Crippen molar-refractivity contribution in [2.45, 2.75) is 25.2 Å². The minimum Gasteiger partial charge on any atom is -0.263 e. The Balaban J connectivity index is 2.34. The van der Waals surface area contributed by atoms with Crippen LogP contribution in [0.1, 0.15) is 25.6 Å². The van der Waals surface area contributed by atoms with Gasteiger partial charge in [-0.1, -0.05) is 6.92 Å². The molecule has 0 spiro atoms. The highest BCUT2D eigenvalue weighted by Crippen LogP contribution is 2.45. The molecule has 0 radical (unpaired) electrons. The van der Waals surface area contributed by atoms with Crippen molar-refractivity contribution in [1.29, 1.82) is 0 Å². The molecule has 1 aromatic rings. The Kier molecular flexibility index (Phi) is 0.743. The van der Waals surface area contributed by atoms with E-state index < -0.39 is 0 Å². The average molecular weight is 123 g/mol. The first kappa shape index (κ1) is 4.97. The van der Waals surface area contributed by atoms with Gasteiger partial charge < -0.3 is 0 Å². The molecular weight excluding hydrogens is 114 g/mol. The van der Waals surface area contributed by atoms with Crippen LogP contribution in [0, 0.1) is 0 Å². The number of nitrogens with zero attached hydrogens (tertiary/aromatic N) is 2. The third kappa shape index (κ3) is 0.642. The first-order chi connectivity index (χ1) is 4.31. The summed E-state index contributed by atoms with van der Waals surface area (Å²) in [6.07, 6.45) is 4.07. The normalized spacial score (nSPS) is 21.9. The van der Waals surface area contributed by atoms with Crippen molar-refractivity contribution in [3.05, 3.63) is 12.2 Å². The summed E-state index contributed by atoms with van der Waals surface area (Å²) in [5, 5.41) is 6.67. The minimum absolute atomic E-state index is 0.344. The van der Waals surface area contributed by atoms with Gasteiger partial charge in [-0.05, 0) is 12.8 Å². The van der Waals surface area contributed by atoms with Crippen molar-refractivity contribution in [1.82, 2.24) is 15.2 Å². The second-order valence-electron chi connectivity index (χ2n) is 2.89. The highest BCUT2D eigenvalue weighted by Gasteiger charge is 2.41. The molecule has 0 unspecified atom stereocenters. The maximum absolute atomic E-state index is 4.08. The van der Waals surface area contributed by atoms with E-state index in [1.165, 1.54) is 12.8 Å². The SMILES string of the molecule is CC1(c2ncn[nH]2)CC1. The summed E-state index contributed by atoms with van der Waals surface area (Å²) in [5.74, 6) is 1.04. The molecule has 0 bridgehead atoms. The fraction of sp³-hybridized carbons (Fsp3) is 0.667. The highest BCUT2D eigenvalue weighted by molar-refractivity contribution is 5.13. The van der Waals surface area contributed by atoms with Gasteiger partial charge in [-0.3, -0.25) is 5.10 Å². The number of H-pyrrole nitrogens is 1. The third-order valence-corrected chi connectivity index (χ3v) is 1.99. The second kappa shape index (κ2) is 1.35. The van der Waals surface area contributed by atoms with Gasteiger partial charge in [0.15, 0.2) is 0 Å². The lowest BCUT2D eigenvalue weighted by atomic mass is 10.1. The molecule has 48 valence electrons. The largest absolute Gasteiger partial charge is 0.263 e. The first-order valence-corrected chi connectivity index (χ1v) is 3.17. The maximum atomic E-state index is 4.08. The Bertz CT molecular complexity index is 198. The smallest absolute Gasteiger partial charge is 0.137 e. The van der Waals surface area contributed by atoms with Crippen molar-refractivity contribution in [3.63, 3.8) is 0 Å². The number of aromatic nitrogens is 3. The van der Waals surface area contributed by atoms with E-state index in [0.29, 0.717) is 5.41 Å². The van der Waals surface area contributed by atoms with E-state index in [4.69, 9.17) is 0 Å². The Morgan fingerprint density at radius 3 is 2.89 bits per heavy atom. The fourth-order valence-electron chi connectivity index (χ4n) is 0.921. The molecule has 1 aromatic heterocycles. The molecule has 1 heterocycles. The number of nitrogens with one attached hydrogen (secondary N) is 1. The number of aromatic amines is 1. The van der Waals surface area contributed by atoms with Gasteiger partial charge in [0.25, 0.3) is 0 Å². The van der Waals surface area contributed by atoms with E-state index in [1.807, 2.05) is 0 Å². The van der Waals surface area contributed by atoms with Crippen molar-refractivity contribution in [2.75, 3.05) is 0 Å². The monoisotopic (exact) mass is 123 g/mol. The number of hydrogen-bond donors (Lipinski definition) is 1. The summed E-state index contributed by atoms with van der Waals surface area (Å²) in [4.78, 5) is 4.08. The fourth-order valence-corrected chi connectivity index (χ4v) is 0.921. The molecule has 0 aromatic carbocycles. The zero-order valence-electron chi connectivity index (χ0n) is 5.39. The summed E-state index contributed by atoms with van der Waals surface area (Å²) in [6, 6.07) is 0. The van der Waals surface area contributed by atoms with E-state index in [-0.39, 0.29) is 0 Å². The lowest BCUT2D eigenvalue weighted by molar-refractivity contribution is 0.714. The Morgan fingerprint density at radius 1 is 1.67 bits per heavy atom. The third-order valence-electron chi connectivity index (χ3n) is 1.99. The van der Waals surface area contributed by atoms with Crippen LogP contribution in [-0.4, -0.2) is 15.2 Å². The molecule has 0 amide bonds. The molecule has 2 rings (SSSR count). The molecule has 1 fully saturated rings. The van der Waals surface area contributed by atoms with Gasteiger partial charge in [-0.15, -0.1) is 0 Å². The van der Waals surface area contributed by atoms with Crippen LogP contribution in [-0.2, 0) is 5.41 Å². The van der Waals surface area contributed by atoms with Crippen molar-refractivity contribution < 1.29 is 0 Å². The van der Waals surface area contributed by atoms with Crippen LogP contribution in [0.3, 0.4) is 0 Å². The van der Waals surface area contributed by atoms with E-state index in [9.17, 15) is 0 Å². The first-order valence-electron chi connectivity index (χ1n) is 3.17. The molecular formula is C6H9N3. The maximum Gasteiger partial charge on any atom is 0.137 e. The number of rotatable bonds is 1. The second-order valence-corrected chi connectivity index (χ2v) is 2.89. The summed E-state index contributed by atoms with van der Waals surface area (Å²) >= 11 is 0. The predicted octanol–water partition coefficient (Wildman–Crippen LogP) is 0.856. The van der Waals surface area contributed by atoms with Crippen LogP contribution >= 0.6 is 0 Å². The van der Waals surface area contributed by atoms with E-state index >= 15 is 0 Å². The molecule has 3 heteroatoms. The van der Waals surface area contributed by atoms with Crippen LogP contribution in [0.5, 0.6) is 0 Å². The Labute approximate surface area is 53.5 Å². The van der Waals surface area contributed by atoms with Gasteiger partial charge in [0.05, 0.1) is 0 Å². The lowest BCUT2D eigenvalue weighted by Crippen LogP contribution is -2.01. The average Bonchev–Trinajstić information content (AvgIpc) is 2.46. The van der Waals surface area contributed by atoms with Crippen molar-refractivity contribution >= 4 is 0 Å². The Hall–Kier alpha value is -0.860. The van der Waals surface area contributed by atoms with Crippen LogP contribution < -0.4 is 0 Å². The van der Waals surface area contributed by atoms with E-state index in [0.717, 1.165) is 5.82 Å². The molecule has 1 saturated carbocycles. The van der Waals surface area contributed by atoms with Gasteiger partial charge in [-0.2, -0.15) is 5.10 Å². The zero-order valence-corrected chi connectivity index (χ0v) is 5.39. The Morgan fingerprint density at radius 2 is 2.44 bits per heavy atom. The molecule has 0 aliphatic heterocycles. The minimum atomic E-state index is 0.344. The van der Waals surface area contributed by atoms with E-state index in [2.05, 4.69) is 22.1 Å². The van der Waals surface area contributed by atoms with Gasteiger partial charge in [0.2, 0.25) is 0 Å². The molecule has 1 aliphatic rings. The van der Waals surface area contributed by atoms with Crippen LogP contribution in [0.25, 0.3) is 0 Å². The number of hydrogen-bond acceptors (Lipinski definition) is 2. The molecule has 9 heavy (non-hydrogen) atoms. The molecule has 0 atom stereocenters. The summed E-state index contributed by atoms with van der Waals surface area (Å²) in [6.45, 7) is 2.20. The van der Waals surface area contributed by atoms with Gasteiger partial charge >= 0.3 is 0 Å². The molecule has 3 nitrogen and oxygen atoms in total. The van der Waals surface area contributed by atoms with E-state index in [1.54, 1.807) is 6.33 Å². The zero-order chi connectivity index (χ0) is 6.32. The summed E-state index contributed by atoms with van der Waals surface area (Å²) in [7, 11) is 0. The molecule has 0 saturated heterocycles. The standard InChI is InChI=1S/C6H9N3/c1-6(2-3-6)5-7-4-8-9-5/h4H,2-3H2,1H3,(H,7,8,9). The highest BCUT2D eigenvalue weighted by atomic mass is 15.2. The van der Waals surface area contributed by atoms with Gasteiger partial charge in [0.1, 0.15) is 12.2 Å². The summed E-state index contributed by atoms with van der Waals surface area (Å²) < 4.78 is 0. The van der Waals surface area contributed by atoms with Gasteiger partial charge in [0, 0.05) is 5.41 Å². The topological polar surface area (TPSA) is 41.6 Å². The van der Waals surface area contributed by atoms with Crippen molar-refractivity contribution in [3.8, 4) is 0 Å². The van der Waals surface area contributed by atoms with Crippen molar-refractivity contribution in [2.24, 2.45) is 0 Å². The quantitative estimate of drug-likeness (QED) is 0.601. The molecule has 1 N–H and O–H groups in total. The van der Waals surface area contributed by atoms with Crippen LogP contribution in [0.4, 0.5) is 0 Å². The lowest BCUT2D eigenvalue weighted by Gasteiger charge is -1.98. The predicted molar refractivity (Wildman–Crippen MR) is 33.0 cm³/mol. The van der Waals surface area contributed by atoms with Crippen LogP contribution in [0.2, 0.25) is 0 Å². The van der Waals surface area contributed by atoms with Crippen LogP contribution in [0.15, 0.2) is 6.33 Å². The van der Waals surface area contributed by atoms with Gasteiger partial charge in [-0.25, -0.2) is 4.98 Å². The summed E-state index contributed by atoms with van der Waals surface area (Å²) in [5.41, 5.74) is 0.344. The molecule has 1 aliphatic carbocycles.